The molecule has 1 aliphatic rings. The van der Waals surface area contributed by atoms with E-state index in [0.717, 1.165) is 33.8 Å². The highest BCUT2D eigenvalue weighted by Crippen LogP contribution is 2.38. The second kappa shape index (κ2) is 9.71. The fourth-order valence-electron chi connectivity index (χ4n) is 3.33. The Kier molecular flexibility index (Phi) is 6.57. The van der Waals surface area contributed by atoms with E-state index in [2.05, 4.69) is 6.58 Å². The Labute approximate surface area is 192 Å². The fraction of sp³-hybridized carbons (Fsp3) is 0.111. The summed E-state index contributed by atoms with van der Waals surface area (Å²) in [5, 5.41) is 0.649. The third kappa shape index (κ3) is 4.68. The van der Waals surface area contributed by atoms with Gasteiger partial charge in [0.1, 0.15) is 12.4 Å². The van der Waals surface area contributed by atoms with Crippen LogP contribution in [0.3, 0.4) is 0 Å². The zero-order chi connectivity index (χ0) is 22.5. The molecule has 3 aromatic rings. The Morgan fingerprint density at radius 3 is 2.34 bits per heavy atom. The first kappa shape index (κ1) is 21.7. The maximum atomic E-state index is 13.5. The zero-order valence-electron chi connectivity index (χ0n) is 18.1. The molecule has 0 spiro atoms. The van der Waals surface area contributed by atoms with Crippen molar-refractivity contribution in [3.63, 3.8) is 0 Å². The Morgan fingerprint density at radius 2 is 1.66 bits per heavy atom. The number of hydrogen-bond acceptors (Lipinski definition) is 4. The van der Waals surface area contributed by atoms with Crippen molar-refractivity contribution in [3.8, 4) is 5.75 Å². The number of para-hydroxylation sites is 2. The molecule has 0 N–H and O–H groups in total. The quantitative estimate of drug-likeness (QED) is 0.317. The van der Waals surface area contributed by atoms with Gasteiger partial charge >= 0.3 is 0 Å². The van der Waals surface area contributed by atoms with Crippen molar-refractivity contribution in [3.05, 3.63) is 107 Å². The molecule has 4 rings (SSSR count). The van der Waals surface area contributed by atoms with Gasteiger partial charge in [0.2, 0.25) is 0 Å². The molecule has 32 heavy (non-hydrogen) atoms. The smallest absolute Gasteiger partial charge is 0.271 e. The van der Waals surface area contributed by atoms with E-state index in [1.54, 1.807) is 11.0 Å². The lowest BCUT2D eigenvalue weighted by atomic mass is 10.1. The number of amides is 1. The molecule has 0 atom stereocenters. The molecule has 0 unspecified atom stereocenters. The Bertz CT molecular complexity index is 1210. The molecule has 1 heterocycles. The minimum absolute atomic E-state index is 0.0800. The van der Waals surface area contributed by atoms with Crippen LogP contribution >= 0.6 is 11.8 Å². The van der Waals surface area contributed by atoms with Crippen LogP contribution in [-0.4, -0.2) is 17.7 Å². The predicted molar refractivity (Wildman–Crippen MR) is 135 cm³/mol. The number of amidine groups is 1. The van der Waals surface area contributed by atoms with Crippen LogP contribution in [0.25, 0.3) is 6.08 Å². The first-order valence-electron chi connectivity index (χ1n) is 10.3. The van der Waals surface area contributed by atoms with Gasteiger partial charge in [-0.15, -0.1) is 0 Å². The first-order valence-corrected chi connectivity index (χ1v) is 11.2. The number of anilines is 1. The molecule has 1 aliphatic heterocycles. The number of benzene rings is 3. The van der Waals surface area contributed by atoms with Crippen molar-refractivity contribution in [1.82, 2.24) is 0 Å². The number of hydrogen-bond donors (Lipinski definition) is 0. The maximum Gasteiger partial charge on any atom is 0.271 e. The summed E-state index contributed by atoms with van der Waals surface area (Å²) in [6.45, 7) is 8.14. The van der Waals surface area contributed by atoms with E-state index < -0.39 is 0 Å². The minimum Gasteiger partial charge on any atom is -0.490 e. The molecule has 3 aromatic carbocycles. The number of ether oxygens (including phenoxy) is 1. The fourth-order valence-corrected chi connectivity index (χ4v) is 4.32. The third-order valence-electron chi connectivity index (χ3n) is 5.04. The summed E-state index contributed by atoms with van der Waals surface area (Å²) in [5.74, 6) is 0.685. The standard InChI is InChI=1S/C27H24N2O2S/c1-4-17-31-22-15-13-21(14-16-22)18-25-26(30)29(24-12-8-6-10-20(24)3)27(32-25)28-23-11-7-5-9-19(23)2/h4-16,18H,1,17H2,2-3H3/b25-18-,28-27?. The van der Waals surface area contributed by atoms with Crippen LogP contribution in [0.5, 0.6) is 5.75 Å². The first-order chi connectivity index (χ1) is 15.6. The summed E-state index contributed by atoms with van der Waals surface area (Å²) in [4.78, 5) is 20.7. The highest BCUT2D eigenvalue weighted by molar-refractivity contribution is 8.19. The minimum atomic E-state index is -0.0800. The molecule has 1 saturated heterocycles. The highest BCUT2D eigenvalue weighted by Gasteiger charge is 2.35. The molecule has 160 valence electrons. The lowest BCUT2D eigenvalue weighted by Crippen LogP contribution is -2.29. The largest absolute Gasteiger partial charge is 0.490 e. The van der Waals surface area contributed by atoms with Crippen molar-refractivity contribution in [2.45, 2.75) is 13.8 Å². The van der Waals surface area contributed by atoms with Crippen molar-refractivity contribution in [2.24, 2.45) is 4.99 Å². The lowest BCUT2D eigenvalue weighted by Gasteiger charge is -2.18. The van der Waals surface area contributed by atoms with Crippen LogP contribution in [0.15, 0.2) is 95.3 Å². The van der Waals surface area contributed by atoms with E-state index >= 15 is 0 Å². The van der Waals surface area contributed by atoms with E-state index in [1.165, 1.54) is 11.8 Å². The highest BCUT2D eigenvalue weighted by atomic mass is 32.2. The van der Waals surface area contributed by atoms with Crippen LogP contribution in [0.2, 0.25) is 0 Å². The molecule has 5 heteroatoms. The summed E-state index contributed by atoms with van der Waals surface area (Å²) < 4.78 is 5.55. The Hall–Kier alpha value is -3.57. The van der Waals surface area contributed by atoms with Gasteiger partial charge in [0, 0.05) is 0 Å². The number of rotatable bonds is 6. The number of carbonyl (C=O) groups is 1. The van der Waals surface area contributed by atoms with Gasteiger partial charge in [-0.1, -0.05) is 61.2 Å². The van der Waals surface area contributed by atoms with E-state index in [0.29, 0.717) is 16.7 Å². The van der Waals surface area contributed by atoms with Crippen molar-refractivity contribution < 1.29 is 9.53 Å². The molecule has 1 fully saturated rings. The molecule has 0 aromatic heterocycles. The van der Waals surface area contributed by atoms with Gasteiger partial charge in [0.05, 0.1) is 16.3 Å². The third-order valence-corrected chi connectivity index (χ3v) is 6.01. The average Bonchev–Trinajstić information content (AvgIpc) is 3.09. The SMILES string of the molecule is C=CCOc1ccc(/C=C2\SC(=Nc3ccccc3C)N(c3ccccc3C)C2=O)cc1. The Balaban J connectivity index is 1.72. The van der Waals surface area contributed by atoms with Gasteiger partial charge in [-0.25, -0.2) is 4.99 Å². The molecule has 0 saturated carbocycles. The predicted octanol–water partition coefficient (Wildman–Crippen LogP) is 6.68. The molecule has 0 radical (unpaired) electrons. The van der Waals surface area contributed by atoms with E-state index in [4.69, 9.17) is 9.73 Å². The zero-order valence-corrected chi connectivity index (χ0v) is 18.9. The maximum absolute atomic E-state index is 13.5. The molecular weight excluding hydrogens is 416 g/mol. The molecule has 4 nitrogen and oxygen atoms in total. The average molecular weight is 441 g/mol. The lowest BCUT2D eigenvalue weighted by molar-refractivity contribution is -0.113. The summed E-state index contributed by atoms with van der Waals surface area (Å²) in [6, 6.07) is 23.5. The van der Waals surface area contributed by atoms with Crippen LogP contribution in [0.1, 0.15) is 16.7 Å². The molecule has 0 aliphatic carbocycles. The van der Waals surface area contributed by atoms with Gasteiger partial charge in [-0.2, -0.15) is 0 Å². The topological polar surface area (TPSA) is 41.9 Å². The van der Waals surface area contributed by atoms with Crippen LogP contribution in [0.4, 0.5) is 11.4 Å². The summed E-state index contributed by atoms with van der Waals surface area (Å²) in [5.41, 5.74) is 4.70. The van der Waals surface area contributed by atoms with Crippen LogP contribution in [0, 0.1) is 13.8 Å². The summed E-state index contributed by atoms with van der Waals surface area (Å²) >= 11 is 1.39. The number of aryl methyl sites for hydroxylation is 2. The van der Waals surface area contributed by atoms with E-state index in [9.17, 15) is 4.79 Å². The van der Waals surface area contributed by atoms with Gasteiger partial charge in [0.25, 0.3) is 5.91 Å². The number of nitrogens with zero attached hydrogens (tertiary/aromatic N) is 2. The second-order valence-electron chi connectivity index (χ2n) is 7.39. The summed E-state index contributed by atoms with van der Waals surface area (Å²) in [6.07, 6.45) is 3.61. The number of thioether (sulfide) groups is 1. The van der Waals surface area contributed by atoms with Crippen LogP contribution < -0.4 is 9.64 Å². The normalized spacial score (nSPS) is 16.1. The van der Waals surface area contributed by atoms with Gasteiger partial charge < -0.3 is 4.74 Å². The van der Waals surface area contributed by atoms with Crippen molar-refractivity contribution in [2.75, 3.05) is 11.5 Å². The van der Waals surface area contributed by atoms with Gasteiger partial charge in [0.15, 0.2) is 5.17 Å². The van der Waals surface area contributed by atoms with E-state index in [1.807, 2.05) is 92.7 Å². The number of carbonyl (C=O) groups excluding carboxylic acids is 1. The molecule has 0 bridgehead atoms. The Morgan fingerprint density at radius 1 is 0.969 bits per heavy atom. The van der Waals surface area contributed by atoms with Gasteiger partial charge in [-0.05, 0) is 72.6 Å². The monoisotopic (exact) mass is 440 g/mol. The van der Waals surface area contributed by atoms with Crippen molar-refractivity contribution >= 4 is 40.3 Å². The molecular formula is C27H24N2O2S. The molecule has 1 amide bonds. The van der Waals surface area contributed by atoms with Crippen molar-refractivity contribution in [1.29, 1.82) is 0 Å². The van der Waals surface area contributed by atoms with E-state index in [-0.39, 0.29) is 5.91 Å². The summed E-state index contributed by atoms with van der Waals surface area (Å²) in [7, 11) is 0. The van der Waals surface area contributed by atoms with Crippen LogP contribution in [-0.2, 0) is 4.79 Å². The van der Waals surface area contributed by atoms with Gasteiger partial charge in [-0.3, -0.25) is 9.69 Å². The number of aliphatic imine (C=N–C) groups is 1. The second-order valence-corrected chi connectivity index (χ2v) is 8.40.